The predicted octanol–water partition coefficient (Wildman–Crippen LogP) is 1.89. The first-order chi connectivity index (χ1) is 8.52. The number of piperidine rings is 1. The Bertz CT molecular complexity index is 210. The highest BCUT2D eigenvalue weighted by Crippen LogP contribution is 2.17. The smallest absolute Gasteiger partial charge is 0.0217 e. The van der Waals surface area contributed by atoms with Crippen molar-refractivity contribution in [2.45, 2.75) is 39.7 Å². The molecule has 0 saturated carbocycles. The lowest BCUT2D eigenvalue weighted by molar-refractivity contribution is 0.163. The second-order valence-electron chi connectivity index (χ2n) is 6.38. The van der Waals surface area contributed by atoms with Gasteiger partial charge in [0.05, 0.1) is 0 Å². The molecule has 0 aromatic heterocycles. The number of hydrogen-bond acceptors (Lipinski definition) is 3. The van der Waals surface area contributed by atoms with Crippen LogP contribution in [0.25, 0.3) is 0 Å². The van der Waals surface area contributed by atoms with Gasteiger partial charge in [0.15, 0.2) is 0 Å². The zero-order valence-corrected chi connectivity index (χ0v) is 13.1. The Morgan fingerprint density at radius 3 is 2.39 bits per heavy atom. The molecule has 3 heteroatoms. The van der Waals surface area contributed by atoms with Crippen LogP contribution in [-0.2, 0) is 0 Å². The van der Waals surface area contributed by atoms with Crippen molar-refractivity contribution in [3.8, 4) is 0 Å². The van der Waals surface area contributed by atoms with Crippen molar-refractivity contribution in [1.82, 2.24) is 15.1 Å². The molecule has 108 valence electrons. The molecule has 0 bridgehead atoms. The van der Waals surface area contributed by atoms with Crippen LogP contribution in [0.1, 0.15) is 33.6 Å². The third-order valence-electron chi connectivity index (χ3n) is 4.19. The van der Waals surface area contributed by atoms with Crippen LogP contribution in [0.3, 0.4) is 0 Å². The fraction of sp³-hybridized carbons (Fsp3) is 1.00. The molecule has 0 aliphatic carbocycles. The number of likely N-dealkylation sites (N-methyl/N-ethyl adjacent to an activating group) is 2. The summed E-state index contributed by atoms with van der Waals surface area (Å²) in [5.74, 6) is 1.62. The van der Waals surface area contributed by atoms with Crippen molar-refractivity contribution in [3.05, 3.63) is 0 Å². The van der Waals surface area contributed by atoms with Crippen LogP contribution in [0.2, 0.25) is 0 Å². The highest BCUT2D eigenvalue weighted by atomic mass is 15.1. The Balaban J connectivity index is 2.28. The minimum Gasteiger partial charge on any atom is -0.313 e. The lowest BCUT2D eigenvalue weighted by atomic mass is 9.96. The van der Waals surface area contributed by atoms with Crippen LogP contribution in [0.15, 0.2) is 0 Å². The molecule has 1 aliphatic rings. The molecule has 0 radical (unpaired) electrons. The van der Waals surface area contributed by atoms with E-state index in [0.29, 0.717) is 12.0 Å². The van der Waals surface area contributed by atoms with Crippen LogP contribution in [0.5, 0.6) is 0 Å². The maximum absolute atomic E-state index is 3.61. The first kappa shape index (κ1) is 15.9. The fourth-order valence-electron chi connectivity index (χ4n) is 2.87. The topological polar surface area (TPSA) is 18.5 Å². The first-order valence-electron chi connectivity index (χ1n) is 7.63. The summed E-state index contributed by atoms with van der Waals surface area (Å²) in [6.07, 6.45) is 2.74. The van der Waals surface area contributed by atoms with Crippen LogP contribution >= 0.6 is 0 Å². The lowest BCUT2D eigenvalue weighted by Crippen LogP contribution is -2.45. The van der Waals surface area contributed by atoms with Crippen molar-refractivity contribution in [3.63, 3.8) is 0 Å². The van der Waals surface area contributed by atoms with Gasteiger partial charge < -0.3 is 15.1 Å². The number of rotatable bonds is 7. The van der Waals surface area contributed by atoms with E-state index in [-0.39, 0.29) is 0 Å². The highest BCUT2D eigenvalue weighted by molar-refractivity contribution is 4.77. The zero-order chi connectivity index (χ0) is 13.5. The van der Waals surface area contributed by atoms with E-state index in [1.807, 2.05) is 0 Å². The van der Waals surface area contributed by atoms with E-state index in [1.165, 1.54) is 39.0 Å². The Kier molecular flexibility index (Phi) is 7.20. The van der Waals surface area contributed by atoms with E-state index in [0.717, 1.165) is 12.5 Å². The molecule has 0 amide bonds. The summed E-state index contributed by atoms with van der Waals surface area (Å²) >= 11 is 0. The third-order valence-corrected chi connectivity index (χ3v) is 4.19. The van der Waals surface area contributed by atoms with Crippen LogP contribution in [0, 0.1) is 11.8 Å². The van der Waals surface area contributed by atoms with Crippen molar-refractivity contribution in [2.24, 2.45) is 11.8 Å². The van der Waals surface area contributed by atoms with E-state index in [2.05, 4.69) is 50.0 Å². The van der Waals surface area contributed by atoms with E-state index < -0.39 is 0 Å². The van der Waals surface area contributed by atoms with Crippen molar-refractivity contribution in [2.75, 3.05) is 46.8 Å². The van der Waals surface area contributed by atoms with Crippen LogP contribution in [-0.4, -0.2) is 62.7 Å². The van der Waals surface area contributed by atoms with Gasteiger partial charge in [0.25, 0.3) is 0 Å². The summed E-state index contributed by atoms with van der Waals surface area (Å²) in [5.41, 5.74) is 0. The minimum atomic E-state index is 0.631. The van der Waals surface area contributed by atoms with E-state index in [1.54, 1.807) is 0 Å². The quantitative estimate of drug-likeness (QED) is 0.749. The molecule has 0 aromatic rings. The zero-order valence-electron chi connectivity index (χ0n) is 13.1. The van der Waals surface area contributed by atoms with E-state index >= 15 is 0 Å². The monoisotopic (exact) mass is 255 g/mol. The molecule has 1 aliphatic heterocycles. The van der Waals surface area contributed by atoms with Gasteiger partial charge in [-0.3, -0.25) is 0 Å². The van der Waals surface area contributed by atoms with Crippen molar-refractivity contribution in [1.29, 1.82) is 0 Å². The van der Waals surface area contributed by atoms with Crippen molar-refractivity contribution < 1.29 is 0 Å². The van der Waals surface area contributed by atoms with Crippen LogP contribution < -0.4 is 5.32 Å². The molecule has 18 heavy (non-hydrogen) atoms. The fourth-order valence-corrected chi connectivity index (χ4v) is 2.87. The first-order valence-corrected chi connectivity index (χ1v) is 7.63. The molecule has 0 spiro atoms. The molecule has 1 atom stereocenters. The van der Waals surface area contributed by atoms with Crippen LogP contribution in [0.4, 0.5) is 0 Å². The molecule has 1 fully saturated rings. The van der Waals surface area contributed by atoms with Crippen molar-refractivity contribution >= 4 is 0 Å². The predicted molar refractivity (Wildman–Crippen MR) is 80.0 cm³/mol. The number of hydrogen-bond donors (Lipinski definition) is 1. The minimum absolute atomic E-state index is 0.631. The number of nitrogens with one attached hydrogen (secondary N) is 1. The van der Waals surface area contributed by atoms with E-state index in [9.17, 15) is 0 Å². The SMILES string of the molecule is CCNC(CN(C)CC1CCN(C)CC1)C(C)C. The average Bonchev–Trinajstić information content (AvgIpc) is 2.31. The largest absolute Gasteiger partial charge is 0.313 e. The normalized spacial score (nSPS) is 20.8. The second-order valence-corrected chi connectivity index (χ2v) is 6.38. The van der Waals surface area contributed by atoms with Gasteiger partial charge in [-0.05, 0) is 58.4 Å². The molecule has 3 nitrogen and oxygen atoms in total. The molecule has 1 saturated heterocycles. The molecular formula is C15H33N3. The Hall–Kier alpha value is -0.120. The van der Waals surface area contributed by atoms with Gasteiger partial charge in [-0.15, -0.1) is 0 Å². The maximum Gasteiger partial charge on any atom is 0.0217 e. The Morgan fingerprint density at radius 1 is 1.28 bits per heavy atom. The highest BCUT2D eigenvalue weighted by Gasteiger charge is 2.20. The average molecular weight is 255 g/mol. The van der Waals surface area contributed by atoms with Gasteiger partial charge in [-0.2, -0.15) is 0 Å². The van der Waals surface area contributed by atoms with Gasteiger partial charge in [0.1, 0.15) is 0 Å². The Morgan fingerprint density at radius 2 is 1.89 bits per heavy atom. The summed E-state index contributed by atoms with van der Waals surface area (Å²) in [5, 5.41) is 3.61. The summed E-state index contributed by atoms with van der Waals surface area (Å²) in [4.78, 5) is 4.98. The molecule has 1 N–H and O–H groups in total. The summed E-state index contributed by atoms with van der Waals surface area (Å²) in [7, 11) is 4.52. The summed E-state index contributed by atoms with van der Waals surface area (Å²) < 4.78 is 0. The molecule has 1 unspecified atom stereocenters. The summed E-state index contributed by atoms with van der Waals surface area (Å²) in [6.45, 7) is 12.9. The molecular weight excluding hydrogens is 222 g/mol. The maximum atomic E-state index is 3.61. The lowest BCUT2D eigenvalue weighted by Gasteiger charge is -2.33. The van der Waals surface area contributed by atoms with Gasteiger partial charge in [0, 0.05) is 19.1 Å². The third kappa shape index (κ3) is 5.68. The summed E-state index contributed by atoms with van der Waals surface area (Å²) in [6, 6.07) is 0.631. The molecule has 1 heterocycles. The second kappa shape index (κ2) is 8.13. The Labute approximate surface area is 114 Å². The van der Waals surface area contributed by atoms with Gasteiger partial charge in [-0.25, -0.2) is 0 Å². The number of nitrogens with zero attached hydrogens (tertiary/aromatic N) is 2. The van der Waals surface area contributed by atoms with Gasteiger partial charge >= 0.3 is 0 Å². The number of likely N-dealkylation sites (tertiary alicyclic amines) is 1. The van der Waals surface area contributed by atoms with Gasteiger partial charge in [0.2, 0.25) is 0 Å². The molecule has 1 rings (SSSR count). The van der Waals surface area contributed by atoms with E-state index in [4.69, 9.17) is 0 Å². The standard InChI is InChI=1S/C15H33N3/c1-6-16-15(13(2)3)12-18(5)11-14-7-9-17(4)10-8-14/h13-16H,6-12H2,1-5H3. The molecule has 0 aromatic carbocycles. The van der Waals surface area contributed by atoms with Gasteiger partial charge in [-0.1, -0.05) is 20.8 Å².